The largest absolute Gasteiger partial charge is 0.448 e. The van der Waals surface area contributed by atoms with Gasteiger partial charge in [-0.05, 0) is 30.5 Å². The summed E-state index contributed by atoms with van der Waals surface area (Å²) in [6.07, 6.45) is 1.27. The maximum absolute atomic E-state index is 12.4. The first-order valence-electron chi connectivity index (χ1n) is 7.10. The number of nitrogens with zero attached hydrogens (tertiary/aromatic N) is 1. The summed E-state index contributed by atoms with van der Waals surface area (Å²) < 4.78 is 31.0. The molecule has 0 saturated carbocycles. The molecular formula is C14H19ClN2O4S. The second-order valence-corrected chi connectivity index (χ2v) is 7.25. The van der Waals surface area contributed by atoms with Gasteiger partial charge in [0.1, 0.15) is 6.61 Å². The fraction of sp³-hybridized carbons (Fsp3) is 0.500. The van der Waals surface area contributed by atoms with E-state index < -0.39 is 16.1 Å². The standard InChI is InChI=1S/C14H19ClN2O4S/c15-7-10-21-14(18)16-11-12-3-5-13(6-4-12)22(19,20)17-8-1-2-9-17/h3-6H,1-2,7-11H2,(H,16,18). The third kappa shape index (κ3) is 4.34. The number of rotatable bonds is 6. The van der Waals surface area contributed by atoms with Gasteiger partial charge in [0.25, 0.3) is 0 Å². The lowest BCUT2D eigenvalue weighted by Gasteiger charge is -2.15. The Morgan fingerprint density at radius 1 is 1.23 bits per heavy atom. The Morgan fingerprint density at radius 3 is 2.45 bits per heavy atom. The van der Waals surface area contributed by atoms with Crippen LogP contribution < -0.4 is 5.32 Å². The highest BCUT2D eigenvalue weighted by atomic mass is 35.5. The van der Waals surface area contributed by atoms with Gasteiger partial charge in [-0.2, -0.15) is 4.31 Å². The van der Waals surface area contributed by atoms with Crippen LogP contribution in [0.15, 0.2) is 29.2 Å². The molecule has 1 N–H and O–H groups in total. The van der Waals surface area contributed by atoms with Crippen molar-refractivity contribution < 1.29 is 17.9 Å². The van der Waals surface area contributed by atoms with E-state index in [9.17, 15) is 13.2 Å². The Bertz CT molecular complexity index is 598. The summed E-state index contributed by atoms with van der Waals surface area (Å²) in [5, 5.41) is 2.57. The van der Waals surface area contributed by atoms with Gasteiger partial charge in [0.05, 0.1) is 10.8 Å². The van der Waals surface area contributed by atoms with Gasteiger partial charge in [0, 0.05) is 19.6 Å². The lowest BCUT2D eigenvalue weighted by Crippen LogP contribution is -2.28. The molecule has 0 unspecified atom stereocenters. The minimum Gasteiger partial charge on any atom is -0.448 e. The molecule has 0 radical (unpaired) electrons. The van der Waals surface area contributed by atoms with Crippen molar-refractivity contribution in [3.05, 3.63) is 29.8 Å². The molecule has 0 aliphatic carbocycles. The third-order valence-corrected chi connectivity index (χ3v) is 5.44. The van der Waals surface area contributed by atoms with Crippen molar-refractivity contribution in [2.75, 3.05) is 25.6 Å². The summed E-state index contributed by atoms with van der Waals surface area (Å²) >= 11 is 5.41. The molecule has 8 heteroatoms. The molecule has 1 heterocycles. The maximum Gasteiger partial charge on any atom is 0.407 e. The van der Waals surface area contributed by atoms with Crippen LogP contribution in [0.4, 0.5) is 4.79 Å². The Hall–Kier alpha value is -1.31. The number of sulfonamides is 1. The zero-order valence-electron chi connectivity index (χ0n) is 12.1. The first-order chi connectivity index (χ1) is 10.5. The summed E-state index contributed by atoms with van der Waals surface area (Å²) in [4.78, 5) is 11.6. The second-order valence-electron chi connectivity index (χ2n) is 4.93. The third-order valence-electron chi connectivity index (χ3n) is 3.37. The number of carbonyl (C=O) groups excluding carboxylic acids is 1. The number of amides is 1. The van der Waals surface area contributed by atoms with Gasteiger partial charge in [0.15, 0.2) is 0 Å². The van der Waals surface area contributed by atoms with Crippen LogP contribution in [0.25, 0.3) is 0 Å². The zero-order valence-corrected chi connectivity index (χ0v) is 13.7. The minimum atomic E-state index is -3.39. The first-order valence-corrected chi connectivity index (χ1v) is 9.07. The van der Waals surface area contributed by atoms with Gasteiger partial charge in [-0.25, -0.2) is 13.2 Å². The molecule has 1 aromatic rings. The van der Waals surface area contributed by atoms with E-state index in [4.69, 9.17) is 16.3 Å². The van der Waals surface area contributed by atoms with E-state index in [0.717, 1.165) is 18.4 Å². The van der Waals surface area contributed by atoms with Crippen molar-refractivity contribution in [3.8, 4) is 0 Å². The SMILES string of the molecule is O=C(NCc1ccc(S(=O)(=O)N2CCCC2)cc1)OCCCl. The molecule has 0 aromatic heterocycles. The van der Waals surface area contributed by atoms with E-state index in [1.165, 1.54) is 4.31 Å². The van der Waals surface area contributed by atoms with E-state index in [1.54, 1.807) is 24.3 Å². The van der Waals surface area contributed by atoms with E-state index in [-0.39, 0.29) is 23.9 Å². The molecule has 1 saturated heterocycles. The zero-order chi connectivity index (χ0) is 16.0. The predicted octanol–water partition coefficient (Wildman–Crippen LogP) is 1.94. The number of carbonyl (C=O) groups is 1. The van der Waals surface area contributed by atoms with Gasteiger partial charge in [-0.1, -0.05) is 12.1 Å². The number of alkyl halides is 1. The van der Waals surface area contributed by atoms with Crippen LogP contribution in [0.5, 0.6) is 0 Å². The topological polar surface area (TPSA) is 75.7 Å². The molecule has 0 bridgehead atoms. The molecule has 1 aliphatic heterocycles. The highest BCUT2D eigenvalue weighted by molar-refractivity contribution is 7.89. The Morgan fingerprint density at radius 2 is 1.86 bits per heavy atom. The fourth-order valence-electron chi connectivity index (χ4n) is 2.21. The lowest BCUT2D eigenvalue weighted by molar-refractivity contribution is 0.152. The van der Waals surface area contributed by atoms with Gasteiger partial charge in [-0.15, -0.1) is 11.6 Å². The monoisotopic (exact) mass is 346 g/mol. The number of alkyl carbamates (subject to hydrolysis) is 1. The highest BCUT2D eigenvalue weighted by Gasteiger charge is 2.26. The molecule has 2 rings (SSSR count). The average Bonchev–Trinajstić information content (AvgIpc) is 3.06. The van der Waals surface area contributed by atoms with Gasteiger partial charge < -0.3 is 10.1 Å². The van der Waals surface area contributed by atoms with Crippen molar-refractivity contribution in [1.82, 2.24) is 9.62 Å². The summed E-state index contributed by atoms with van der Waals surface area (Å²) in [7, 11) is -3.39. The first kappa shape index (κ1) is 17.1. The van der Waals surface area contributed by atoms with Crippen LogP contribution >= 0.6 is 11.6 Å². The van der Waals surface area contributed by atoms with Gasteiger partial charge >= 0.3 is 6.09 Å². The number of halogens is 1. The van der Waals surface area contributed by atoms with Crippen LogP contribution in [0, 0.1) is 0 Å². The van der Waals surface area contributed by atoms with Crippen molar-refractivity contribution in [1.29, 1.82) is 0 Å². The number of hydrogen-bond acceptors (Lipinski definition) is 4. The minimum absolute atomic E-state index is 0.153. The normalized spacial score (nSPS) is 15.7. The average molecular weight is 347 g/mol. The van der Waals surface area contributed by atoms with Crippen LogP contribution in [-0.2, 0) is 21.3 Å². The van der Waals surface area contributed by atoms with Crippen molar-refractivity contribution >= 4 is 27.7 Å². The van der Waals surface area contributed by atoms with Crippen LogP contribution in [0.2, 0.25) is 0 Å². The van der Waals surface area contributed by atoms with Gasteiger partial charge in [-0.3, -0.25) is 0 Å². The molecule has 1 aliphatic rings. The maximum atomic E-state index is 12.4. The molecule has 1 amide bonds. The van der Waals surface area contributed by atoms with Crippen molar-refractivity contribution in [2.24, 2.45) is 0 Å². The van der Waals surface area contributed by atoms with Crippen molar-refractivity contribution in [2.45, 2.75) is 24.3 Å². The predicted molar refractivity (Wildman–Crippen MR) is 83.3 cm³/mol. The molecule has 0 spiro atoms. The molecule has 0 atom stereocenters. The molecule has 1 aromatic carbocycles. The Balaban J connectivity index is 1.94. The molecular weight excluding hydrogens is 328 g/mol. The van der Waals surface area contributed by atoms with Crippen LogP contribution in [0.3, 0.4) is 0 Å². The summed E-state index contributed by atoms with van der Waals surface area (Å²) in [5.41, 5.74) is 0.795. The highest BCUT2D eigenvalue weighted by Crippen LogP contribution is 2.20. The number of ether oxygens (including phenoxy) is 1. The van der Waals surface area contributed by atoms with Gasteiger partial charge in [0.2, 0.25) is 10.0 Å². The Kier molecular flexibility index (Phi) is 6.05. The fourth-order valence-corrected chi connectivity index (χ4v) is 3.81. The van der Waals surface area contributed by atoms with E-state index in [2.05, 4.69) is 5.32 Å². The Labute approximate surface area is 135 Å². The van der Waals surface area contributed by atoms with Crippen LogP contribution in [-0.4, -0.2) is 44.4 Å². The number of benzene rings is 1. The summed E-state index contributed by atoms with van der Waals surface area (Å²) in [6.45, 7) is 1.58. The number of nitrogens with one attached hydrogen (secondary N) is 1. The van der Waals surface area contributed by atoms with E-state index in [1.807, 2.05) is 0 Å². The number of hydrogen-bond donors (Lipinski definition) is 1. The molecule has 6 nitrogen and oxygen atoms in total. The summed E-state index contributed by atoms with van der Waals surface area (Å²) in [5.74, 6) is 0.247. The lowest BCUT2D eigenvalue weighted by atomic mass is 10.2. The quantitative estimate of drug-likeness (QED) is 0.799. The smallest absolute Gasteiger partial charge is 0.407 e. The van der Waals surface area contributed by atoms with Crippen LogP contribution in [0.1, 0.15) is 18.4 Å². The van der Waals surface area contributed by atoms with E-state index in [0.29, 0.717) is 13.1 Å². The van der Waals surface area contributed by atoms with E-state index >= 15 is 0 Å². The molecule has 122 valence electrons. The van der Waals surface area contributed by atoms with Crippen molar-refractivity contribution in [3.63, 3.8) is 0 Å². The molecule has 22 heavy (non-hydrogen) atoms. The molecule has 1 fully saturated rings. The summed E-state index contributed by atoms with van der Waals surface area (Å²) in [6, 6.07) is 6.50. The second kappa shape index (κ2) is 7.80.